The lowest BCUT2D eigenvalue weighted by molar-refractivity contribution is 0.581. The van der Waals surface area contributed by atoms with Gasteiger partial charge in [-0.2, -0.15) is 0 Å². The Morgan fingerprint density at radius 3 is 1.48 bits per heavy atom. The van der Waals surface area contributed by atoms with Crippen molar-refractivity contribution in [2.24, 2.45) is 0 Å². The van der Waals surface area contributed by atoms with Crippen molar-refractivity contribution in [2.45, 2.75) is 32.1 Å². The van der Waals surface area contributed by atoms with Crippen LogP contribution >= 0.6 is 0 Å². The Hall–Kier alpha value is -2.34. The van der Waals surface area contributed by atoms with Gasteiger partial charge < -0.3 is 0 Å². The number of hydrogen-bond donors (Lipinski definition) is 0. The van der Waals surface area contributed by atoms with Crippen molar-refractivity contribution >= 4 is 0 Å². The lowest BCUT2D eigenvalue weighted by Crippen LogP contribution is -2.17. The number of rotatable bonds is 3. The highest BCUT2D eigenvalue weighted by Crippen LogP contribution is 2.37. The zero-order valence-electron chi connectivity index (χ0n) is 14.2. The van der Waals surface area contributed by atoms with Crippen LogP contribution in [0.5, 0.6) is 0 Å². The van der Waals surface area contributed by atoms with Crippen molar-refractivity contribution in [1.82, 2.24) is 0 Å². The van der Waals surface area contributed by atoms with E-state index in [9.17, 15) is 0 Å². The van der Waals surface area contributed by atoms with Crippen molar-refractivity contribution in [1.29, 1.82) is 0 Å². The first-order valence-electron chi connectivity index (χ1n) is 8.26. The maximum absolute atomic E-state index is 2.29. The van der Waals surface area contributed by atoms with Gasteiger partial charge in [-0.25, -0.2) is 0 Å². The summed E-state index contributed by atoms with van der Waals surface area (Å²) in [4.78, 5) is 0. The molecule has 0 atom stereocenters. The molecule has 0 aliphatic heterocycles. The molecule has 23 heavy (non-hydrogen) atoms. The summed E-state index contributed by atoms with van der Waals surface area (Å²) in [6.07, 6.45) is 0. The monoisotopic (exact) mass is 300 g/mol. The molecular weight excluding hydrogens is 276 g/mol. The standard InChI is InChI=1S/C23H24/c1-23(2,3)21-17-11-10-16-20(21)22(18-12-6-4-7-13-18)19-14-8-5-9-15-19/h4-17,22H,1-3H3. The summed E-state index contributed by atoms with van der Waals surface area (Å²) in [5.41, 5.74) is 5.62. The first-order valence-corrected chi connectivity index (χ1v) is 8.26. The molecule has 0 bridgehead atoms. The molecule has 0 aromatic heterocycles. The van der Waals surface area contributed by atoms with E-state index in [0.29, 0.717) is 0 Å². The number of hydrogen-bond acceptors (Lipinski definition) is 0. The van der Waals surface area contributed by atoms with Gasteiger partial charge >= 0.3 is 0 Å². The second-order valence-electron chi connectivity index (χ2n) is 7.09. The van der Waals surface area contributed by atoms with E-state index in [1.165, 1.54) is 22.3 Å². The molecule has 116 valence electrons. The quantitative estimate of drug-likeness (QED) is 0.508. The SMILES string of the molecule is CC(C)(C)c1ccccc1C(c1ccccc1)c1ccccc1. The normalized spacial score (nSPS) is 11.7. The number of benzene rings is 3. The Kier molecular flexibility index (Phi) is 4.34. The third-order valence-corrected chi connectivity index (χ3v) is 4.35. The van der Waals surface area contributed by atoms with Gasteiger partial charge in [0.15, 0.2) is 0 Å². The summed E-state index contributed by atoms with van der Waals surface area (Å²) >= 11 is 0. The van der Waals surface area contributed by atoms with Crippen LogP contribution in [0.1, 0.15) is 48.9 Å². The van der Waals surface area contributed by atoms with E-state index in [4.69, 9.17) is 0 Å². The van der Waals surface area contributed by atoms with E-state index in [1.807, 2.05) is 0 Å². The average Bonchev–Trinajstić information content (AvgIpc) is 2.57. The van der Waals surface area contributed by atoms with Crippen LogP contribution in [0.15, 0.2) is 84.9 Å². The Morgan fingerprint density at radius 1 is 0.565 bits per heavy atom. The molecule has 3 rings (SSSR count). The molecule has 0 aliphatic rings. The highest BCUT2D eigenvalue weighted by Gasteiger charge is 2.24. The van der Waals surface area contributed by atoms with Crippen LogP contribution in [0, 0.1) is 0 Å². The fraction of sp³-hybridized carbons (Fsp3) is 0.217. The van der Waals surface area contributed by atoms with Crippen LogP contribution in [0.4, 0.5) is 0 Å². The van der Waals surface area contributed by atoms with E-state index in [-0.39, 0.29) is 11.3 Å². The first kappa shape index (κ1) is 15.6. The topological polar surface area (TPSA) is 0 Å². The fourth-order valence-corrected chi connectivity index (χ4v) is 3.27. The molecule has 0 saturated carbocycles. The van der Waals surface area contributed by atoms with Crippen molar-refractivity contribution in [3.63, 3.8) is 0 Å². The van der Waals surface area contributed by atoms with Gasteiger partial charge in [-0.15, -0.1) is 0 Å². The fourth-order valence-electron chi connectivity index (χ4n) is 3.27. The maximum atomic E-state index is 2.29. The van der Waals surface area contributed by atoms with Gasteiger partial charge in [0, 0.05) is 5.92 Å². The molecule has 0 unspecified atom stereocenters. The largest absolute Gasteiger partial charge is 0.0622 e. The van der Waals surface area contributed by atoms with Gasteiger partial charge in [0.05, 0.1) is 0 Å². The summed E-state index contributed by atoms with van der Waals surface area (Å²) in [5, 5.41) is 0. The molecule has 0 radical (unpaired) electrons. The summed E-state index contributed by atoms with van der Waals surface area (Å²) in [5.74, 6) is 0.271. The molecule has 3 aromatic carbocycles. The molecule has 0 aliphatic carbocycles. The van der Waals surface area contributed by atoms with Crippen LogP contribution in [0.3, 0.4) is 0 Å². The maximum Gasteiger partial charge on any atom is 0.0342 e. The van der Waals surface area contributed by atoms with E-state index in [1.54, 1.807) is 0 Å². The van der Waals surface area contributed by atoms with Crippen LogP contribution in [0.25, 0.3) is 0 Å². The van der Waals surface area contributed by atoms with E-state index >= 15 is 0 Å². The summed E-state index contributed by atoms with van der Waals surface area (Å²) in [6.45, 7) is 6.87. The Bertz CT molecular complexity index is 709. The summed E-state index contributed by atoms with van der Waals surface area (Å²) in [6, 6.07) is 30.5. The third-order valence-electron chi connectivity index (χ3n) is 4.35. The van der Waals surface area contributed by atoms with Gasteiger partial charge in [-0.3, -0.25) is 0 Å². The molecule has 0 heteroatoms. The van der Waals surface area contributed by atoms with Crippen molar-refractivity contribution < 1.29 is 0 Å². The van der Waals surface area contributed by atoms with Gasteiger partial charge in [0.2, 0.25) is 0 Å². The Balaban J connectivity index is 2.22. The zero-order valence-corrected chi connectivity index (χ0v) is 14.2. The van der Waals surface area contributed by atoms with Crippen LogP contribution < -0.4 is 0 Å². The highest BCUT2D eigenvalue weighted by atomic mass is 14.3. The second kappa shape index (κ2) is 6.42. The zero-order chi connectivity index (χ0) is 16.3. The molecular formula is C23H24. The van der Waals surface area contributed by atoms with Gasteiger partial charge in [-0.1, -0.05) is 106 Å². The Labute approximate surface area is 139 Å². The summed E-state index contributed by atoms with van der Waals surface area (Å²) in [7, 11) is 0. The molecule has 0 nitrogen and oxygen atoms in total. The van der Waals surface area contributed by atoms with Crippen LogP contribution in [0.2, 0.25) is 0 Å². The molecule has 0 fully saturated rings. The van der Waals surface area contributed by atoms with Crippen LogP contribution in [-0.4, -0.2) is 0 Å². The van der Waals surface area contributed by atoms with Gasteiger partial charge in [0.1, 0.15) is 0 Å². The van der Waals surface area contributed by atoms with Crippen molar-refractivity contribution in [3.05, 3.63) is 107 Å². The smallest absolute Gasteiger partial charge is 0.0342 e. The molecule has 0 spiro atoms. The lowest BCUT2D eigenvalue weighted by Gasteiger charge is -2.28. The minimum absolute atomic E-state index is 0.123. The van der Waals surface area contributed by atoms with E-state index < -0.39 is 0 Å². The van der Waals surface area contributed by atoms with E-state index in [2.05, 4.69) is 106 Å². The van der Waals surface area contributed by atoms with Crippen LogP contribution in [-0.2, 0) is 5.41 Å². The van der Waals surface area contributed by atoms with Crippen molar-refractivity contribution in [3.8, 4) is 0 Å². The van der Waals surface area contributed by atoms with Gasteiger partial charge in [0.25, 0.3) is 0 Å². The second-order valence-corrected chi connectivity index (χ2v) is 7.09. The molecule has 0 saturated heterocycles. The Morgan fingerprint density at radius 2 is 1.00 bits per heavy atom. The molecule has 0 heterocycles. The van der Waals surface area contributed by atoms with Gasteiger partial charge in [-0.05, 0) is 27.7 Å². The molecule has 3 aromatic rings. The third kappa shape index (κ3) is 3.37. The minimum Gasteiger partial charge on any atom is -0.0622 e. The molecule has 0 amide bonds. The predicted molar refractivity (Wildman–Crippen MR) is 99.0 cm³/mol. The predicted octanol–water partition coefficient (Wildman–Crippen LogP) is 6.16. The average molecular weight is 300 g/mol. The van der Waals surface area contributed by atoms with E-state index in [0.717, 1.165) is 0 Å². The lowest BCUT2D eigenvalue weighted by atomic mass is 9.76. The first-order chi connectivity index (χ1) is 11.1. The van der Waals surface area contributed by atoms with Crippen molar-refractivity contribution in [2.75, 3.05) is 0 Å². The molecule has 0 N–H and O–H groups in total. The summed E-state index contributed by atoms with van der Waals surface area (Å²) < 4.78 is 0. The minimum atomic E-state index is 0.123. The highest BCUT2D eigenvalue weighted by molar-refractivity contribution is 5.48.